The summed E-state index contributed by atoms with van der Waals surface area (Å²) in [4.78, 5) is 31.9. The van der Waals surface area contributed by atoms with Crippen LogP contribution in [0.1, 0.15) is 0 Å². The van der Waals surface area contributed by atoms with Crippen molar-refractivity contribution in [2.24, 2.45) is 9.98 Å². The van der Waals surface area contributed by atoms with Gasteiger partial charge in [-0.25, -0.2) is 0 Å². The number of rotatable bonds is 30. The van der Waals surface area contributed by atoms with Gasteiger partial charge in [0, 0.05) is 35.6 Å². The molecule has 252 valence electrons. The Bertz CT molecular complexity index is 805. The number of aliphatic imine (C=N–C) groups is 2. The van der Waals surface area contributed by atoms with Crippen molar-refractivity contribution in [1.82, 2.24) is 10.6 Å². The van der Waals surface area contributed by atoms with Gasteiger partial charge in [-0.3, -0.25) is 28.0 Å². The summed E-state index contributed by atoms with van der Waals surface area (Å²) in [5.41, 5.74) is 2.94. The number of nitrogens with zero attached hydrogens (tertiary/aromatic N) is 2. The monoisotopic (exact) mass is 864 g/mol. The van der Waals surface area contributed by atoms with Crippen LogP contribution in [0.4, 0.5) is 9.59 Å². The molecule has 0 saturated carbocycles. The van der Waals surface area contributed by atoms with E-state index >= 15 is 0 Å². The van der Waals surface area contributed by atoms with Crippen molar-refractivity contribution < 1.29 is 28.2 Å². The summed E-state index contributed by atoms with van der Waals surface area (Å²) >= 11 is 17.8. The third-order valence-electron chi connectivity index (χ3n) is 3.31. The molecule has 0 aliphatic carbocycles. The number of aliphatic hydroxyl groups is 2. The number of thioether (sulfide) groups is 12. The van der Waals surface area contributed by atoms with Gasteiger partial charge in [-0.15, -0.1) is 118 Å². The lowest BCUT2D eigenvalue weighted by Crippen LogP contribution is -2.17. The highest BCUT2D eigenvalue weighted by atomic mass is 32.3. The summed E-state index contributed by atoms with van der Waals surface area (Å²) in [7, 11) is -2.23. The molecule has 0 heterocycles. The molecule has 0 radical (unpaired) electrons. The first-order chi connectivity index (χ1) is 21.0. The normalized spacial score (nSPS) is 13.1. The van der Waals surface area contributed by atoms with Gasteiger partial charge in [0.2, 0.25) is 0 Å². The van der Waals surface area contributed by atoms with Crippen LogP contribution in [0.2, 0.25) is 0 Å². The maximum Gasteiger partial charge on any atom is 0.280 e. The molecule has 0 aliphatic rings. The van der Waals surface area contributed by atoms with E-state index in [0.29, 0.717) is 48.9 Å². The summed E-state index contributed by atoms with van der Waals surface area (Å²) in [6.45, 7) is 0. The van der Waals surface area contributed by atoms with Gasteiger partial charge in [0.25, 0.3) is 10.5 Å². The number of amides is 2. The molecule has 0 aromatic rings. The molecular weight excluding hydrogens is 829 g/mol. The Morgan fingerprint density at radius 1 is 0.558 bits per heavy atom. The van der Waals surface area contributed by atoms with E-state index in [-0.39, 0.29) is 22.4 Å². The minimum Gasteiger partial charge on any atom is -0.386 e. The molecule has 0 spiro atoms. The standard InChI is InChI=1S/C19H36N4O6S14/c24-7-34-11-36-14-40-18(26)22-3-32-10-31-2-21-6-43(29)17-39-13-37-15-41-19(27)23-4-33-9-30-1-20-5-42(28)16-38-12-35-8-25/h5-6,24-25H,1-4,7-17H2,(H,22,26)(H,23,27). The molecule has 0 aliphatic heterocycles. The molecule has 4 N–H and O–H groups in total. The highest BCUT2D eigenvalue weighted by Gasteiger charge is 2.03. The fraction of sp³-hybridized carbons (Fsp3) is 0.789. The average Bonchev–Trinajstić information content (AvgIpc) is 2.99. The third-order valence-corrected chi connectivity index (χ3v) is 18.8. The molecule has 2 atom stereocenters. The van der Waals surface area contributed by atoms with Crippen LogP contribution in [0.5, 0.6) is 0 Å². The van der Waals surface area contributed by atoms with E-state index in [1.807, 2.05) is 0 Å². The zero-order chi connectivity index (χ0) is 31.6. The summed E-state index contributed by atoms with van der Waals surface area (Å²) in [6.07, 6.45) is 0. The molecule has 0 aromatic heterocycles. The number of nitrogens with one attached hydrogen (secondary N) is 2. The first-order valence-corrected chi connectivity index (χ1v) is 27.8. The minimum atomic E-state index is -1.13. The Balaban J connectivity index is 3.48. The first kappa shape index (κ1) is 45.7. The number of carbonyl (C=O) groups is 2. The number of hydrogen-bond acceptors (Lipinski definition) is 20. The number of carbonyl (C=O) groups excluding carboxylic acids is 2. The van der Waals surface area contributed by atoms with Crippen LogP contribution in [0.25, 0.3) is 0 Å². The van der Waals surface area contributed by atoms with E-state index in [1.165, 1.54) is 69.9 Å². The van der Waals surface area contributed by atoms with Crippen molar-refractivity contribution in [1.29, 1.82) is 0 Å². The zero-order valence-electron chi connectivity index (χ0n) is 22.9. The Morgan fingerprint density at radius 3 is 1.40 bits per heavy atom. The molecule has 0 rings (SSSR count). The predicted octanol–water partition coefficient (Wildman–Crippen LogP) is 6.11. The first-order valence-electron chi connectivity index (χ1n) is 11.5. The van der Waals surface area contributed by atoms with Gasteiger partial charge in [-0.05, 0) is 0 Å². The zero-order valence-corrected chi connectivity index (χ0v) is 34.3. The van der Waals surface area contributed by atoms with E-state index in [1.54, 1.807) is 82.3 Å². The second-order valence-electron chi connectivity index (χ2n) is 6.46. The molecule has 0 aromatic carbocycles. The van der Waals surface area contributed by atoms with Gasteiger partial charge in [0.15, 0.2) is 0 Å². The van der Waals surface area contributed by atoms with Crippen molar-refractivity contribution in [3.05, 3.63) is 0 Å². The van der Waals surface area contributed by atoms with Crippen LogP contribution in [0, 0.1) is 0 Å². The van der Waals surface area contributed by atoms with Gasteiger partial charge >= 0.3 is 0 Å². The number of hydrogen-bond donors (Lipinski definition) is 4. The Morgan fingerprint density at radius 2 is 0.953 bits per heavy atom. The SMILES string of the molecule is O=C(NCSCSCN=CS(=O)CSCSCSC(=O)NCSCSCN=CS(=O)CSCSCO)SCSCSCO. The Hall–Kier alpha value is 2.70. The Labute approximate surface area is 310 Å². The maximum absolute atomic E-state index is 12.0. The minimum absolute atomic E-state index is 0.0536. The molecule has 0 fully saturated rings. The molecule has 0 saturated heterocycles. The third kappa shape index (κ3) is 37.4. The fourth-order valence-corrected chi connectivity index (χ4v) is 14.8. The highest BCUT2D eigenvalue weighted by molar-refractivity contribution is 8.29. The lowest BCUT2D eigenvalue weighted by Gasteiger charge is -2.04. The second kappa shape index (κ2) is 37.5. The van der Waals surface area contributed by atoms with Gasteiger partial charge in [0.1, 0.15) is 0 Å². The lowest BCUT2D eigenvalue weighted by atomic mass is 11.2. The van der Waals surface area contributed by atoms with Crippen LogP contribution < -0.4 is 10.6 Å². The van der Waals surface area contributed by atoms with E-state index in [9.17, 15) is 18.0 Å². The van der Waals surface area contributed by atoms with Crippen molar-refractivity contribution in [3.8, 4) is 0 Å². The van der Waals surface area contributed by atoms with Gasteiger partial charge < -0.3 is 20.8 Å². The lowest BCUT2D eigenvalue weighted by molar-refractivity contribution is 0.261. The quantitative estimate of drug-likeness (QED) is 0.0284. The molecule has 2 amide bonds. The van der Waals surface area contributed by atoms with E-state index < -0.39 is 21.6 Å². The second-order valence-corrected chi connectivity index (χ2v) is 23.9. The largest absolute Gasteiger partial charge is 0.386 e. The van der Waals surface area contributed by atoms with Crippen LogP contribution in [0.15, 0.2) is 9.98 Å². The van der Waals surface area contributed by atoms with E-state index in [2.05, 4.69) is 20.6 Å². The summed E-state index contributed by atoms with van der Waals surface area (Å²) in [5, 5.41) is 28.9. The summed E-state index contributed by atoms with van der Waals surface area (Å²) in [5.74, 6) is 2.26. The van der Waals surface area contributed by atoms with Crippen molar-refractivity contribution >= 4 is 184 Å². The van der Waals surface area contributed by atoms with Gasteiger partial charge in [-0.1, -0.05) is 23.5 Å². The van der Waals surface area contributed by atoms with Crippen molar-refractivity contribution in [2.45, 2.75) is 0 Å². The van der Waals surface area contributed by atoms with Crippen LogP contribution in [-0.2, 0) is 21.6 Å². The molecule has 24 heteroatoms. The molecule has 0 bridgehead atoms. The van der Waals surface area contributed by atoms with Crippen LogP contribution >= 0.6 is 141 Å². The Kier molecular flexibility index (Phi) is 39.9. The molecule has 10 nitrogen and oxygen atoms in total. The van der Waals surface area contributed by atoms with Crippen molar-refractivity contribution in [2.75, 3.05) is 81.1 Å². The smallest absolute Gasteiger partial charge is 0.280 e. The van der Waals surface area contributed by atoms with Gasteiger partial charge in [-0.2, -0.15) is 0 Å². The molecular formula is C19H36N4O6S14. The average molecular weight is 865 g/mol. The van der Waals surface area contributed by atoms with Crippen molar-refractivity contribution in [3.63, 3.8) is 0 Å². The van der Waals surface area contributed by atoms with E-state index in [0.717, 1.165) is 20.3 Å². The topological polar surface area (TPSA) is 158 Å². The summed E-state index contributed by atoms with van der Waals surface area (Å²) in [6, 6.07) is 0. The highest BCUT2D eigenvalue weighted by Crippen LogP contribution is 2.20. The number of aliphatic hydroxyl groups excluding tert-OH is 2. The van der Waals surface area contributed by atoms with Crippen LogP contribution in [-0.4, -0.2) is 121 Å². The maximum atomic E-state index is 12.0. The summed E-state index contributed by atoms with van der Waals surface area (Å²) < 4.78 is 23.7. The van der Waals surface area contributed by atoms with E-state index in [4.69, 9.17) is 10.2 Å². The fourth-order valence-electron chi connectivity index (χ4n) is 1.73. The molecule has 2 unspecified atom stereocenters. The molecule has 43 heavy (non-hydrogen) atoms. The predicted molar refractivity (Wildman–Crippen MR) is 219 cm³/mol. The van der Waals surface area contributed by atoms with Gasteiger partial charge in [0.05, 0.1) is 78.2 Å². The van der Waals surface area contributed by atoms with Crippen LogP contribution in [0.3, 0.4) is 0 Å².